The van der Waals surface area contributed by atoms with E-state index in [0.29, 0.717) is 19.7 Å². The highest BCUT2D eigenvalue weighted by atomic mass is 16.5. The number of carbonyl (C=O) groups is 2. The Hall–Kier alpha value is -3.26. The van der Waals surface area contributed by atoms with Gasteiger partial charge >= 0.3 is 5.97 Å². The molecule has 0 aromatic heterocycles. The van der Waals surface area contributed by atoms with Crippen LogP contribution in [0.5, 0.6) is 17.2 Å². The van der Waals surface area contributed by atoms with E-state index >= 15 is 0 Å². The normalized spacial score (nSPS) is 14.4. The van der Waals surface area contributed by atoms with E-state index in [4.69, 9.17) is 9.47 Å². The number of phenolic OH excluding ortho intramolecular Hbond substituents is 2. The lowest BCUT2D eigenvalue weighted by molar-refractivity contribution is -0.136. The number of aromatic hydroxyl groups is 2. The Kier molecular flexibility index (Phi) is 6.91. The number of rotatable bonds is 7. The number of amides is 1. The summed E-state index contributed by atoms with van der Waals surface area (Å²) in [5.41, 5.74) is -0.0983. The van der Waals surface area contributed by atoms with Crippen LogP contribution in [0.4, 0.5) is 0 Å². The Balaban J connectivity index is 1.36. The maximum atomic E-state index is 12.3. The van der Waals surface area contributed by atoms with Gasteiger partial charge in [-0.05, 0) is 24.3 Å². The first-order valence-corrected chi connectivity index (χ1v) is 9.40. The summed E-state index contributed by atoms with van der Waals surface area (Å²) in [6.07, 6.45) is 0. The van der Waals surface area contributed by atoms with E-state index in [1.54, 1.807) is 4.90 Å². The van der Waals surface area contributed by atoms with Gasteiger partial charge in [-0.15, -0.1) is 0 Å². The molecule has 1 aliphatic rings. The minimum atomic E-state index is -0.812. The van der Waals surface area contributed by atoms with Gasteiger partial charge in [-0.25, -0.2) is 4.79 Å². The van der Waals surface area contributed by atoms with Crippen LogP contribution in [0.25, 0.3) is 0 Å². The van der Waals surface area contributed by atoms with E-state index in [0.717, 1.165) is 31.5 Å². The number of nitrogens with zero attached hydrogens (tertiary/aromatic N) is 2. The molecule has 1 fully saturated rings. The molecule has 0 aliphatic carbocycles. The Labute approximate surface area is 168 Å². The van der Waals surface area contributed by atoms with Crippen molar-refractivity contribution in [3.05, 3.63) is 54.1 Å². The average Bonchev–Trinajstić information content (AvgIpc) is 2.73. The van der Waals surface area contributed by atoms with Crippen LogP contribution in [0.2, 0.25) is 0 Å². The number of esters is 1. The number of phenols is 2. The van der Waals surface area contributed by atoms with Gasteiger partial charge in [0, 0.05) is 38.8 Å². The summed E-state index contributed by atoms with van der Waals surface area (Å²) in [5, 5.41) is 18.9. The zero-order chi connectivity index (χ0) is 20.6. The van der Waals surface area contributed by atoms with Crippen LogP contribution >= 0.6 is 0 Å². The molecule has 2 N–H and O–H groups in total. The number of piperazine rings is 1. The fourth-order valence-corrected chi connectivity index (χ4v) is 3.02. The van der Waals surface area contributed by atoms with Crippen molar-refractivity contribution < 1.29 is 29.3 Å². The molecule has 8 heteroatoms. The maximum Gasteiger partial charge on any atom is 0.342 e. The lowest BCUT2D eigenvalue weighted by Crippen LogP contribution is -2.50. The molecule has 0 radical (unpaired) electrons. The number of carbonyl (C=O) groups excluding carboxylic acids is 2. The molecule has 2 aromatic carbocycles. The molecule has 1 amide bonds. The van der Waals surface area contributed by atoms with E-state index < -0.39 is 18.3 Å². The van der Waals surface area contributed by atoms with Gasteiger partial charge in [-0.1, -0.05) is 18.2 Å². The highest BCUT2D eigenvalue weighted by molar-refractivity contribution is 5.94. The van der Waals surface area contributed by atoms with Crippen LogP contribution in [0.1, 0.15) is 10.4 Å². The van der Waals surface area contributed by atoms with E-state index in [2.05, 4.69) is 4.90 Å². The summed E-state index contributed by atoms with van der Waals surface area (Å²) >= 11 is 0. The molecule has 3 rings (SSSR count). The molecule has 0 saturated carbocycles. The first-order valence-electron chi connectivity index (χ1n) is 9.40. The van der Waals surface area contributed by atoms with Gasteiger partial charge in [0.05, 0.1) is 0 Å². The zero-order valence-corrected chi connectivity index (χ0v) is 16.0. The molecule has 0 spiro atoms. The van der Waals surface area contributed by atoms with Gasteiger partial charge in [0.2, 0.25) is 0 Å². The molecule has 1 heterocycles. The van der Waals surface area contributed by atoms with Crippen molar-refractivity contribution in [2.75, 3.05) is 45.9 Å². The second-order valence-electron chi connectivity index (χ2n) is 6.66. The number of hydrogen-bond donors (Lipinski definition) is 2. The fraction of sp³-hybridized carbons (Fsp3) is 0.333. The number of ether oxygens (including phenoxy) is 2. The predicted molar refractivity (Wildman–Crippen MR) is 105 cm³/mol. The van der Waals surface area contributed by atoms with Crippen molar-refractivity contribution in [2.45, 2.75) is 0 Å². The fourth-order valence-electron chi connectivity index (χ4n) is 3.02. The third kappa shape index (κ3) is 5.86. The largest absolute Gasteiger partial charge is 0.508 e. The topological polar surface area (TPSA) is 99.5 Å². The Bertz CT molecular complexity index is 834. The Morgan fingerprint density at radius 3 is 2.38 bits per heavy atom. The summed E-state index contributed by atoms with van der Waals surface area (Å²) in [5.74, 6) is -0.817. The second kappa shape index (κ2) is 9.79. The zero-order valence-electron chi connectivity index (χ0n) is 16.0. The summed E-state index contributed by atoms with van der Waals surface area (Å²) in [6.45, 7) is 3.49. The van der Waals surface area contributed by atoms with Gasteiger partial charge in [0.25, 0.3) is 5.91 Å². The van der Waals surface area contributed by atoms with Crippen molar-refractivity contribution in [1.82, 2.24) is 9.80 Å². The number of benzene rings is 2. The van der Waals surface area contributed by atoms with Crippen LogP contribution in [0, 0.1) is 0 Å². The number of hydrogen-bond acceptors (Lipinski definition) is 7. The first kappa shape index (κ1) is 20.5. The molecule has 0 atom stereocenters. The minimum absolute atomic E-state index is 0.0983. The van der Waals surface area contributed by atoms with Gasteiger partial charge < -0.3 is 24.6 Å². The van der Waals surface area contributed by atoms with Crippen molar-refractivity contribution >= 4 is 11.9 Å². The molecule has 1 saturated heterocycles. The van der Waals surface area contributed by atoms with Gasteiger partial charge in [-0.3, -0.25) is 9.69 Å². The molecule has 2 aromatic rings. The van der Waals surface area contributed by atoms with Gasteiger partial charge in [-0.2, -0.15) is 0 Å². The third-order valence-corrected chi connectivity index (χ3v) is 4.67. The van der Waals surface area contributed by atoms with Gasteiger partial charge in [0.15, 0.2) is 6.61 Å². The van der Waals surface area contributed by atoms with Crippen LogP contribution in [-0.2, 0) is 9.53 Å². The van der Waals surface area contributed by atoms with Crippen LogP contribution < -0.4 is 4.74 Å². The highest BCUT2D eigenvalue weighted by Crippen LogP contribution is 2.23. The van der Waals surface area contributed by atoms with E-state index in [9.17, 15) is 19.8 Å². The Morgan fingerprint density at radius 1 is 0.966 bits per heavy atom. The molecule has 154 valence electrons. The average molecular weight is 400 g/mol. The molecule has 0 bridgehead atoms. The third-order valence-electron chi connectivity index (χ3n) is 4.67. The Morgan fingerprint density at radius 2 is 1.69 bits per heavy atom. The molecular formula is C21H24N2O6. The molecule has 8 nitrogen and oxygen atoms in total. The van der Waals surface area contributed by atoms with Crippen molar-refractivity contribution in [2.24, 2.45) is 0 Å². The summed E-state index contributed by atoms with van der Waals surface area (Å²) in [7, 11) is 0. The van der Waals surface area contributed by atoms with E-state index in [1.807, 2.05) is 30.3 Å². The predicted octanol–water partition coefficient (Wildman–Crippen LogP) is 1.48. The summed E-state index contributed by atoms with van der Waals surface area (Å²) < 4.78 is 10.7. The maximum absolute atomic E-state index is 12.3. The lowest BCUT2D eigenvalue weighted by atomic mass is 10.2. The summed E-state index contributed by atoms with van der Waals surface area (Å²) in [6, 6.07) is 13.2. The SMILES string of the molecule is O=C(OCC(=O)N1CCN(CCOc2ccccc2)CC1)c1ccc(O)cc1O. The van der Waals surface area contributed by atoms with E-state index in [-0.39, 0.29) is 17.2 Å². The molecule has 1 aliphatic heterocycles. The van der Waals surface area contributed by atoms with Crippen LogP contribution in [-0.4, -0.2) is 77.8 Å². The second-order valence-corrected chi connectivity index (χ2v) is 6.66. The van der Waals surface area contributed by atoms with Crippen molar-refractivity contribution in [1.29, 1.82) is 0 Å². The smallest absolute Gasteiger partial charge is 0.342 e. The molecule has 0 unspecified atom stereocenters. The van der Waals surface area contributed by atoms with Gasteiger partial charge in [0.1, 0.15) is 29.4 Å². The van der Waals surface area contributed by atoms with Crippen LogP contribution in [0.15, 0.2) is 48.5 Å². The molecular weight excluding hydrogens is 376 g/mol. The van der Waals surface area contributed by atoms with Crippen molar-refractivity contribution in [3.8, 4) is 17.2 Å². The van der Waals surface area contributed by atoms with Crippen molar-refractivity contribution in [3.63, 3.8) is 0 Å². The highest BCUT2D eigenvalue weighted by Gasteiger charge is 2.22. The first-order chi connectivity index (χ1) is 14.0. The standard InChI is InChI=1S/C21H24N2O6/c24-16-6-7-18(19(25)14-16)21(27)29-15-20(26)23-10-8-22(9-11-23)12-13-28-17-4-2-1-3-5-17/h1-7,14,24-25H,8-13,15H2. The monoisotopic (exact) mass is 400 g/mol. The summed E-state index contributed by atoms with van der Waals surface area (Å²) in [4.78, 5) is 28.1. The van der Waals surface area contributed by atoms with E-state index in [1.165, 1.54) is 12.1 Å². The lowest BCUT2D eigenvalue weighted by Gasteiger charge is -2.34. The quantitative estimate of drug-likeness (QED) is 0.679. The molecule has 29 heavy (non-hydrogen) atoms. The number of para-hydroxylation sites is 1. The van der Waals surface area contributed by atoms with Crippen LogP contribution in [0.3, 0.4) is 0 Å². The minimum Gasteiger partial charge on any atom is -0.508 e.